The van der Waals surface area contributed by atoms with Gasteiger partial charge in [0.05, 0.1) is 6.07 Å². The predicted octanol–water partition coefficient (Wildman–Crippen LogP) is 5.28. The zero-order chi connectivity index (χ0) is 14.7. The van der Waals surface area contributed by atoms with Crippen molar-refractivity contribution >= 4 is 27.7 Å². The topological polar surface area (TPSA) is 23.8 Å². The molecule has 0 bridgehead atoms. The number of halogens is 1. The molecule has 0 N–H and O–H groups in total. The minimum atomic E-state index is -0.523. The smallest absolute Gasteiger partial charge is 0.108 e. The molecule has 0 aromatic heterocycles. The summed E-state index contributed by atoms with van der Waals surface area (Å²) in [7, 11) is 0. The van der Waals surface area contributed by atoms with Crippen molar-refractivity contribution in [2.75, 3.05) is 5.33 Å². The monoisotopic (exact) mass is 357 g/mol. The van der Waals surface area contributed by atoms with Crippen LogP contribution >= 0.6 is 27.7 Å². The number of nitriles is 1. The van der Waals surface area contributed by atoms with Gasteiger partial charge in [-0.25, -0.2) is 0 Å². The zero-order valence-corrected chi connectivity index (χ0v) is 14.1. The van der Waals surface area contributed by atoms with Gasteiger partial charge in [0.1, 0.15) is 5.41 Å². The number of benzene rings is 2. The number of rotatable bonds is 3. The molecule has 0 spiro atoms. The van der Waals surface area contributed by atoms with Gasteiger partial charge in [-0.15, -0.1) is 11.8 Å². The first kappa shape index (κ1) is 14.7. The summed E-state index contributed by atoms with van der Waals surface area (Å²) in [6.07, 6.45) is 1.84. The van der Waals surface area contributed by atoms with E-state index in [9.17, 15) is 5.26 Å². The van der Waals surface area contributed by atoms with Gasteiger partial charge in [0.2, 0.25) is 0 Å². The first-order chi connectivity index (χ1) is 10.3. The third kappa shape index (κ3) is 2.52. The van der Waals surface area contributed by atoms with E-state index in [1.54, 1.807) is 0 Å². The molecule has 2 aromatic carbocycles. The van der Waals surface area contributed by atoms with Crippen LogP contribution in [-0.2, 0) is 11.2 Å². The van der Waals surface area contributed by atoms with Crippen LogP contribution in [-0.4, -0.2) is 5.33 Å². The number of hydrogen-bond acceptors (Lipinski definition) is 2. The van der Waals surface area contributed by atoms with Crippen molar-refractivity contribution in [2.45, 2.75) is 28.9 Å². The lowest BCUT2D eigenvalue weighted by atomic mass is 9.71. The van der Waals surface area contributed by atoms with Gasteiger partial charge >= 0.3 is 0 Å². The highest BCUT2D eigenvalue weighted by Gasteiger charge is 2.39. The first-order valence-corrected chi connectivity index (χ1v) is 9.20. The van der Waals surface area contributed by atoms with E-state index < -0.39 is 5.41 Å². The Kier molecular flexibility index (Phi) is 4.37. The van der Waals surface area contributed by atoms with Gasteiger partial charge in [-0.05, 0) is 35.6 Å². The minimum Gasteiger partial charge on any atom is -0.197 e. The highest BCUT2D eigenvalue weighted by atomic mass is 79.9. The van der Waals surface area contributed by atoms with E-state index >= 15 is 0 Å². The third-order valence-corrected chi connectivity index (χ3v) is 5.77. The quantitative estimate of drug-likeness (QED) is 0.698. The van der Waals surface area contributed by atoms with E-state index in [0.717, 1.165) is 23.9 Å². The van der Waals surface area contributed by atoms with Gasteiger partial charge in [-0.3, -0.25) is 0 Å². The Balaban J connectivity index is 2.26. The third-order valence-electron chi connectivity index (χ3n) is 4.08. The van der Waals surface area contributed by atoms with Crippen LogP contribution in [0.25, 0.3) is 0 Å². The number of nitrogens with zero attached hydrogens (tertiary/aromatic N) is 1. The maximum Gasteiger partial charge on any atom is 0.108 e. The fourth-order valence-electron chi connectivity index (χ4n) is 3.09. The maximum atomic E-state index is 10.1. The summed E-state index contributed by atoms with van der Waals surface area (Å²) < 4.78 is 0. The fourth-order valence-corrected chi connectivity index (χ4v) is 4.50. The SMILES string of the molecule is N#C[C@]1(CCCBr)c2ccccc2CSc2ccccc21. The number of fused-ring (bicyclic) bond motifs is 2. The van der Waals surface area contributed by atoms with Gasteiger partial charge < -0.3 is 0 Å². The average Bonchev–Trinajstić information content (AvgIpc) is 2.69. The highest BCUT2D eigenvalue weighted by Crippen LogP contribution is 2.46. The Labute approximate surface area is 138 Å². The van der Waals surface area contributed by atoms with Gasteiger partial charge in [0.25, 0.3) is 0 Å². The van der Waals surface area contributed by atoms with Crippen molar-refractivity contribution in [2.24, 2.45) is 0 Å². The Morgan fingerprint density at radius 3 is 2.57 bits per heavy atom. The van der Waals surface area contributed by atoms with Crippen molar-refractivity contribution in [3.63, 3.8) is 0 Å². The van der Waals surface area contributed by atoms with Crippen LogP contribution in [0.15, 0.2) is 53.4 Å². The first-order valence-electron chi connectivity index (χ1n) is 7.10. The molecule has 1 atom stereocenters. The molecule has 3 rings (SSSR count). The van der Waals surface area contributed by atoms with E-state index in [0.29, 0.717) is 0 Å². The molecule has 0 saturated heterocycles. The van der Waals surface area contributed by atoms with Crippen molar-refractivity contribution in [1.29, 1.82) is 5.26 Å². The van der Waals surface area contributed by atoms with Crippen molar-refractivity contribution < 1.29 is 0 Å². The Morgan fingerprint density at radius 2 is 1.81 bits per heavy atom. The molecule has 3 heteroatoms. The Morgan fingerprint density at radius 1 is 1.10 bits per heavy atom. The van der Waals surface area contributed by atoms with E-state index in [4.69, 9.17) is 0 Å². The van der Waals surface area contributed by atoms with E-state index in [2.05, 4.69) is 64.5 Å². The summed E-state index contributed by atoms with van der Waals surface area (Å²) >= 11 is 5.35. The van der Waals surface area contributed by atoms with Crippen molar-refractivity contribution in [3.8, 4) is 6.07 Å². The molecule has 1 heterocycles. The second-order valence-electron chi connectivity index (χ2n) is 5.25. The summed E-state index contributed by atoms with van der Waals surface area (Å²) in [5.74, 6) is 0.935. The lowest BCUT2D eigenvalue weighted by Crippen LogP contribution is -2.27. The lowest BCUT2D eigenvalue weighted by molar-refractivity contribution is 0.575. The molecular formula is C18H16BrNS. The summed E-state index contributed by atoms with van der Waals surface area (Å²) in [6, 6.07) is 19.5. The number of hydrogen-bond donors (Lipinski definition) is 0. The molecule has 0 fully saturated rings. The zero-order valence-electron chi connectivity index (χ0n) is 11.7. The molecule has 0 saturated carbocycles. The molecule has 21 heavy (non-hydrogen) atoms. The average molecular weight is 358 g/mol. The molecule has 1 aliphatic rings. The molecule has 2 aromatic rings. The van der Waals surface area contributed by atoms with Crippen molar-refractivity contribution in [1.82, 2.24) is 0 Å². The molecule has 1 nitrogen and oxygen atoms in total. The second kappa shape index (κ2) is 6.25. The number of thioether (sulfide) groups is 1. The summed E-state index contributed by atoms with van der Waals surface area (Å²) in [4.78, 5) is 1.24. The van der Waals surface area contributed by atoms with Crippen LogP contribution in [0.5, 0.6) is 0 Å². The van der Waals surface area contributed by atoms with E-state index in [1.807, 2.05) is 17.8 Å². The second-order valence-corrected chi connectivity index (χ2v) is 7.06. The molecule has 0 amide bonds. The van der Waals surface area contributed by atoms with Crippen LogP contribution in [0.3, 0.4) is 0 Å². The molecular weight excluding hydrogens is 342 g/mol. The van der Waals surface area contributed by atoms with Crippen LogP contribution < -0.4 is 0 Å². The summed E-state index contributed by atoms with van der Waals surface area (Å²) in [6.45, 7) is 0. The van der Waals surface area contributed by atoms with Crippen LogP contribution in [0.1, 0.15) is 29.5 Å². The van der Waals surface area contributed by atoms with Gasteiger partial charge in [-0.2, -0.15) is 5.26 Å². The molecule has 0 radical (unpaired) electrons. The van der Waals surface area contributed by atoms with Crippen LogP contribution in [0.4, 0.5) is 0 Å². The lowest BCUT2D eigenvalue weighted by Gasteiger charge is -2.29. The maximum absolute atomic E-state index is 10.1. The van der Waals surface area contributed by atoms with E-state index in [1.165, 1.54) is 21.6 Å². The van der Waals surface area contributed by atoms with Crippen LogP contribution in [0, 0.1) is 11.3 Å². The Hall–Kier alpha value is -1.24. The number of alkyl halides is 1. The Bertz CT molecular complexity index is 642. The fraction of sp³-hybridized carbons (Fsp3) is 0.278. The van der Waals surface area contributed by atoms with Crippen molar-refractivity contribution in [3.05, 3.63) is 65.2 Å². The molecule has 0 aliphatic carbocycles. The normalized spacial score (nSPS) is 20.0. The standard InChI is InChI=1S/C18H16BrNS/c19-11-5-10-18(13-20)15-7-2-1-6-14(15)12-21-17-9-4-3-8-16(17)18/h1-4,6-9H,5,10-12H2/t18-/m1/s1. The summed E-state index contributed by atoms with van der Waals surface area (Å²) in [5, 5.41) is 11.0. The minimum absolute atomic E-state index is 0.523. The molecule has 106 valence electrons. The highest BCUT2D eigenvalue weighted by molar-refractivity contribution is 9.09. The summed E-state index contributed by atoms with van der Waals surface area (Å²) in [5.41, 5.74) is 3.12. The van der Waals surface area contributed by atoms with Gasteiger partial charge in [-0.1, -0.05) is 58.4 Å². The predicted molar refractivity (Wildman–Crippen MR) is 91.9 cm³/mol. The largest absolute Gasteiger partial charge is 0.197 e. The molecule has 1 aliphatic heterocycles. The molecule has 0 unspecified atom stereocenters. The van der Waals surface area contributed by atoms with E-state index in [-0.39, 0.29) is 0 Å². The van der Waals surface area contributed by atoms with Crippen LogP contribution in [0.2, 0.25) is 0 Å². The van der Waals surface area contributed by atoms with Gasteiger partial charge in [0, 0.05) is 16.0 Å². The van der Waals surface area contributed by atoms with Gasteiger partial charge in [0.15, 0.2) is 0 Å².